The van der Waals surface area contributed by atoms with Gasteiger partial charge in [-0.1, -0.05) is 0 Å². The molecule has 0 aliphatic carbocycles. The van der Waals surface area contributed by atoms with E-state index in [1.165, 1.54) is 12.8 Å². The summed E-state index contributed by atoms with van der Waals surface area (Å²) in [6.45, 7) is 1.75. The van der Waals surface area contributed by atoms with Crippen LogP contribution in [0.5, 0.6) is 0 Å². The van der Waals surface area contributed by atoms with Gasteiger partial charge in [0.2, 0.25) is 0 Å². The fourth-order valence-corrected chi connectivity index (χ4v) is 3.11. The quantitative estimate of drug-likeness (QED) is 0.924. The Bertz CT molecular complexity index is 587. The van der Waals surface area contributed by atoms with Gasteiger partial charge >= 0.3 is 0 Å². The first-order valence-electron chi connectivity index (χ1n) is 6.66. The lowest BCUT2D eigenvalue weighted by molar-refractivity contribution is 0.466. The number of anilines is 1. The first-order chi connectivity index (χ1) is 9.29. The lowest BCUT2D eigenvalue weighted by atomic mass is 10.0. The Morgan fingerprint density at radius 3 is 3.11 bits per heavy atom. The molecule has 2 aromatic heterocycles. The summed E-state index contributed by atoms with van der Waals surface area (Å²) in [5.74, 6) is 0. The predicted molar refractivity (Wildman–Crippen MR) is 81.3 cm³/mol. The summed E-state index contributed by atoms with van der Waals surface area (Å²) in [6, 6.07) is 4.48. The molecule has 2 N–H and O–H groups in total. The summed E-state index contributed by atoms with van der Waals surface area (Å²) in [6.07, 6.45) is 7.33. The summed E-state index contributed by atoms with van der Waals surface area (Å²) < 4.78 is 0.957. The lowest BCUT2D eigenvalue weighted by Crippen LogP contribution is -2.44. The summed E-state index contributed by atoms with van der Waals surface area (Å²) in [7, 11) is 0. The molecule has 1 saturated heterocycles. The lowest BCUT2D eigenvalue weighted by Gasteiger charge is -2.37. The van der Waals surface area contributed by atoms with E-state index < -0.39 is 0 Å². The molecule has 1 fully saturated rings. The number of pyridine rings is 2. The van der Waals surface area contributed by atoms with Crippen molar-refractivity contribution in [1.82, 2.24) is 9.97 Å². The normalized spacial score (nSPS) is 19.9. The minimum atomic E-state index is 0.421. The van der Waals surface area contributed by atoms with Gasteiger partial charge in [-0.3, -0.25) is 9.97 Å². The van der Waals surface area contributed by atoms with Gasteiger partial charge in [-0.2, -0.15) is 0 Å². The fraction of sp³-hybridized carbons (Fsp3) is 0.429. The van der Waals surface area contributed by atoms with Crippen molar-refractivity contribution in [2.45, 2.75) is 25.3 Å². The third-order valence-corrected chi connectivity index (χ3v) is 4.17. The Morgan fingerprint density at radius 1 is 1.37 bits per heavy atom. The van der Waals surface area contributed by atoms with Crippen LogP contribution in [0.2, 0.25) is 0 Å². The van der Waals surface area contributed by atoms with Crippen LogP contribution in [0.4, 0.5) is 5.69 Å². The van der Waals surface area contributed by atoms with E-state index >= 15 is 0 Å². The Balaban J connectivity index is 2.08. The maximum absolute atomic E-state index is 5.91. The molecule has 1 unspecified atom stereocenters. The predicted octanol–water partition coefficient (Wildman–Crippen LogP) is 2.71. The molecule has 5 heteroatoms. The van der Waals surface area contributed by atoms with Gasteiger partial charge in [0, 0.05) is 36.0 Å². The summed E-state index contributed by atoms with van der Waals surface area (Å²) in [4.78, 5) is 11.3. The second kappa shape index (κ2) is 5.43. The van der Waals surface area contributed by atoms with Crippen molar-refractivity contribution in [3.63, 3.8) is 0 Å². The zero-order chi connectivity index (χ0) is 13.2. The van der Waals surface area contributed by atoms with Crippen LogP contribution in [-0.4, -0.2) is 29.1 Å². The maximum atomic E-state index is 5.91. The highest BCUT2D eigenvalue weighted by Gasteiger charge is 2.23. The van der Waals surface area contributed by atoms with Gasteiger partial charge in [0.05, 0.1) is 11.2 Å². The maximum Gasteiger partial charge on any atom is 0.112 e. The van der Waals surface area contributed by atoms with Crippen molar-refractivity contribution < 1.29 is 0 Å². The van der Waals surface area contributed by atoms with Crippen molar-refractivity contribution in [1.29, 1.82) is 0 Å². The highest BCUT2D eigenvalue weighted by Crippen LogP contribution is 2.30. The second-order valence-corrected chi connectivity index (χ2v) is 5.85. The van der Waals surface area contributed by atoms with E-state index in [4.69, 9.17) is 5.73 Å². The zero-order valence-electron chi connectivity index (χ0n) is 10.7. The van der Waals surface area contributed by atoms with Gasteiger partial charge in [0.15, 0.2) is 0 Å². The molecule has 100 valence electrons. The van der Waals surface area contributed by atoms with Crippen LogP contribution < -0.4 is 10.6 Å². The largest absolute Gasteiger partial charge is 0.365 e. The Morgan fingerprint density at radius 2 is 2.26 bits per heavy atom. The Labute approximate surface area is 121 Å². The van der Waals surface area contributed by atoms with E-state index in [0.717, 1.165) is 34.2 Å². The average molecular weight is 321 g/mol. The van der Waals surface area contributed by atoms with E-state index in [9.17, 15) is 0 Å². The molecule has 0 radical (unpaired) electrons. The average Bonchev–Trinajstić information content (AvgIpc) is 2.46. The van der Waals surface area contributed by atoms with Crippen LogP contribution in [0.3, 0.4) is 0 Å². The molecular formula is C14H17BrN4. The molecule has 4 nitrogen and oxygen atoms in total. The van der Waals surface area contributed by atoms with Gasteiger partial charge in [-0.25, -0.2) is 0 Å². The van der Waals surface area contributed by atoms with Gasteiger partial charge < -0.3 is 10.6 Å². The van der Waals surface area contributed by atoms with Crippen LogP contribution in [0.1, 0.15) is 19.3 Å². The molecule has 1 aliphatic heterocycles. The topological polar surface area (TPSA) is 55.0 Å². The molecule has 2 aromatic rings. The van der Waals surface area contributed by atoms with Crippen molar-refractivity contribution >= 4 is 32.7 Å². The van der Waals surface area contributed by atoms with Crippen molar-refractivity contribution in [3.8, 4) is 0 Å². The molecule has 0 saturated carbocycles. The molecule has 1 atom stereocenters. The molecular weight excluding hydrogens is 304 g/mol. The highest BCUT2D eigenvalue weighted by molar-refractivity contribution is 9.10. The minimum Gasteiger partial charge on any atom is -0.365 e. The summed E-state index contributed by atoms with van der Waals surface area (Å²) in [5.41, 5.74) is 8.96. The monoisotopic (exact) mass is 320 g/mol. The molecule has 3 rings (SSSR count). The Kier molecular flexibility index (Phi) is 3.66. The smallest absolute Gasteiger partial charge is 0.112 e. The van der Waals surface area contributed by atoms with Gasteiger partial charge in [0.1, 0.15) is 5.52 Å². The van der Waals surface area contributed by atoms with E-state index in [-0.39, 0.29) is 0 Å². The van der Waals surface area contributed by atoms with Crippen molar-refractivity contribution in [3.05, 3.63) is 29.0 Å². The first-order valence-corrected chi connectivity index (χ1v) is 7.46. The summed E-state index contributed by atoms with van der Waals surface area (Å²) in [5, 5.41) is 0. The zero-order valence-corrected chi connectivity index (χ0v) is 12.3. The highest BCUT2D eigenvalue weighted by atomic mass is 79.9. The number of hydrogen-bond donors (Lipinski definition) is 1. The molecule has 3 heterocycles. The van der Waals surface area contributed by atoms with Crippen LogP contribution in [0, 0.1) is 0 Å². The fourth-order valence-electron chi connectivity index (χ4n) is 2.79. The number of aromatic nitrogens is 2. The molecule has 0 aromatic carbocycles. The van der Waals surface area contributed by atoms with Gasteiger partial charge in [0.25, 0.3) is 0 Å². The third kappa shape index (κ3) is 2.44. The number of halogens is 1. The van der Waals surface area contributed by atoms with Crippen molar-refractivity contribution in [2.75, 3.05) is 18.0 Å². The minimum absolute atomic E-state index is 0.421. The van der Waals surface area contributed by atoms with E-state index in [0.29, 0.717) is 12.6 Å². The molecule has 19 heavy (non-hydrogen) atoms. The number of rotatable bonds is 2. The number of nitrogens with zero attached hydrogens (tertiary/aromatic N) is 3. The standard InChI is InChI=1S/C14H17BrN4/c15-10-7-12-14(18-9-10)13(4-5-17-12)19-6-2-1-3-11(19)8-16/h4-5,7,9,11H,1-3,6,8,16H2. The van der Waals surface area contributed by atoms with E-state index in [1.54, 1.807) is 0 Å². The molecule has 0 bridgehead atoms. The van der Waals surface area contributed by atoms with Gasteiger partial charge in [-0.15, -0.1) is 0 Å². The van der Waals surface area contributed by atoms with Crippen LogP contribution in [0.25, 0.3) is 11.0 Å². The Hall–Kier alpha value is -1.20. The van der Waals surface area contributed by atoms with Gasteiger partial charge in [-0.05, 0) is 47.3 Å². The molecule has 1 aliphatic rings. The number of nitrogens with two attached hydrogens (primary N) is 1. The molecule has 0 spiro atoms. The number of piperidine rings is 1. The first kappa shape index (κ1) is 12.8. The van der Waals surface area contributed by atoms with Crippen LogP contribution in [-0.2, 0) is 0 Å². The number of fused-ring (bicyclic) bond motifs is 1. The SMILES string of the molecule is NCC1CCCCN1c1ccnc2cc(Br)cnc12. The molecule has 0 amide bonds. The number of hydrogen-bond acceptors (Lipinski definition) is 4. The van der Waals surface area contributed by atoms with E-state index in [1.807, 2.05) is 18.5 Å². The second-order valence-electron chi connectivity index (χ2n) is 4.93. The van der Waals surface area contributed by atoms with Crippen molar-refractivity contribution in [2.24, 2.45) is 5.73 Å². The third-order valence-electron chi connectivity index (χ3n) is 3.73. The van der Waals surface area contributed by atoms with Crippen LogP contribution >= 0.6 is 15.9 Å². The van der Waals surface area contributed by atoms with Crippen LogP contribution in [0.15, 0.2) is 29.0 Å². The van der Waals surface area contributed by atoms with E-state index in [2.05, 4.69) is 36.9 Å². The summed E-state index contributed by atoms with van der Waals surface area (Å²) >= 11 is 3.44.